The number of amides is 2. The van der Waals surface area contributed by atoms with Crippen LogP contribution in [0.3, 0.4) is 0 Å². The van der Waals surface area contributed by atoms with Gasteiger partial charge in [0.15, 0.2) is 0 Å². The van der Waals surface area contributed by atoms with E-state index in [0.717, 1.165) is 16.8 Å². The summed E-state index contributed by atoms with van der Waals surface area (Å²) >= 11 is 0. The highest BCUT2D eigenvalue weighted by Crippen LogP contribution is 2.23. The number of aromatic nitrogens is 6. The lowest BCUT2D eigenvalue weighted by Crippen LogP contribution is -2.37. The molecule has 14 nitrogen and oxygen atoms in total. The van der Waals surface area contributed by atoms with Gasteiger partial charge >= 0.3 is 11.9 Å². The Balaban J connectivity index is 1.02. The molecule has 4 heterocycles. The molecule has 0 radical (unpaired) electrons. The molecule has 14 heteroatoms. The molecule has 0 bridgehead atoms. The Kier molecular flexibility index (Phi) is 7.50. The van der Waals surface area contributed by atoms with Gasteiger partial charge in [-0.15, -0.1) is 10.2 Å². The molecule has 2 aliphatic rings. The van der Waals surface area contributed by atoms with Crippen molar-refractivity contribution in [2.45, 2.75) is 24.9 Å². The van der Waals surface area contributed by atoms with Crippen LogP contribution >= 0.6 is 0 Å². The van der Waals surface area contributed by atoms with Crippen LogP contribution in [0.15, 0.2) is 85.2 Å². The molecule has 7 rings (SSSR count). The fraction of sp³-hybridized carbons (Fsp3) is 0.188. The van der Waals surface area contributed by atoms with Crippen LogP contribution in [-0.2, 0) is 19.1 Å². The summed E-state index contributed by atoms with van der Waals surface area (Å²) < 4.78 is 13.0. The Morgan fingerprint density at radius 1 is 0.652 bits per heavy atom. The zero-order valence-electron chi connectivity index (χ0n) is 24.2. The summed E-state index contributed by atoms with van der Waals surface area (Å²) in [7, 11) is 0. The van der Waals surface area contributed by atoms with Gasteiger partial charge in [-0.05, 0) is 48.5 Å². The Hall–Kier alpha value is -6.18. The predicted molar refractivity (Wildman–Crippen MR) is 161 cm³/mol. The number of hydrogen-bond donors (Lipinski definition) is 2. The van der Waals surface area contributed by atoms with Crippen LogP contribution in [0.25, 0.3) is 33.9 Å². The van der Waals surface area contributed by atoms with Crippen LogP contribution in [-0.4, -0.2) is 79.0 Å². The highest BCUT2D eigenvalue weighted by atomic mass is 16.5. The van der Waals surface area contributed by atoms with Crippen LogP contribution in [0.5, 0.6) is 0 Å². The summed E-state index contributed by atoms with van der Waals surface area (Å²) in [6, 6.07) is 20.1. The maximum atomic E-state index is 12.5. The fourth-order valence-electron chi connectivity index (χ4n) is 5.15. The van der Waals surface area contributed by atoms with Crippen LogP contribution in [0, 0.1) is 0 Å². The van der Waals surface area contributed by atoms with E-state index in [1.54, 1.807) is 70.3 Å². The van der Waals surface area contributed by atoms with Gasteiger partial charge in [0.1, 0.15) is 23.5 Å². The molecule has 2 fully saturated rings. The van der Waals surface area contributed by atoms with Gasteiger partial charge in [-0.25, -0.2) is 19.0 Å². The first kappa shape index (κ1) is 28.6. The minimum Gasteiger partial charge on any atom is -0.464 e. The fourth-order valence-corrected chi connectivity index (χ4v) is 5.15. The van der Waals surface area contributed by atoms with Crippen molar-refractivity contribution in [3.05, 3.63) is 96.3 Å². The number of hydrogen-bond acceptors (Lipinski definition) is 10. The van der Waals surface area contributed by atoms with Gasteiger partial charge in [-0.2, -0.15) is 0 Å². The SMILES string of the molecule is O=C(N[C@H]1CCOC1=O)c1ccc(-c2cn(-c3cccc(-c4cn(-c5ccc(C(=O)N[C@H]6CCOC6=O)cc5)nn4)c3)nn2)cc1. The zero-order valence-corrected chi connectivity index (χ0v) is 24.2. The van der Waals surface area contributed by atoms with E-state index in [0.29, 0.717) is 54.3 Å². The van der Waals surface area contributed by atoms with Gasteiger partial charge in [0.25, 0.3) is 11.8 Å². The number of nitrogens with one attached hydrogen (secondary N) is 2. The summed E-state index contributed by atoms with van der Waals surface area (Å²) in [5.41, 5.74) is 5.12. The monoisotopic (exact) mass is 618 g/mol. The third kappa shape index (κ3) is 5.83. The second-order valence-electron chi connectivity index (χ2n) is 10.7. The summed E-state index contributed by atoms with van der Waals surface area (Å²) in [5.74, 6) is -1.53. The molecule has 2 aromatic heterocycles. The number of benzene rings is 3. The molecule has 0 spiro atoms. The Labute approximate surface area is 261 Å². The topological polar surface area (TPSA) is 172 Å². The van der Waals surface area contributed by atoms with E-state index in [-0.39, 0.29) is 11.8 Å². The quantitative estimate of drug-likeness (QED) is 0.246. The second-order valence-corrected chi connectivity index (χ2v) is 10.7. The van der Waals surface area contributed by atoms with Crippen molar-refractivity contribution in [3.8, 4) is 33.9 Å². The highest BCUT2D eigenvalue weighted by molar-refractivity contribution is 5.98. The normalized spacial score (nSPS) is 17.4. The molecule has 2 atom stereocenters. The number of ether oxygens (including phenoxy) is 2. The molecule has 0 saturated carbocycles. The zero-order chi connectivity index (χ0) is 31.6. The maximum absolute atomic E-state index is 12.5. The van der Waals surface area contributed by atoms with Gasteiger partial charge in [-0.1, -0.05) is 34.7 Å². The summed E-state index contributed by atoms with van der Waals surface area (Å²) in [5, 5.41) is 22.5. The number of carbonyl (C=O) groups is 4. The van der Waals surface area contributed by atoms with Crippen molar-refractivity contribution in [3.63, 3.8) is 0 Å². The second kappa shape index (κ2) is 12.1. The molecule has 3 aromatic carbocycles. The van der Waals surface area contributed by atoms with Crippen molar-refractivity contribution in [2.24, 2.45) is 0 Å². The van der Waals surface area contributed by atoms with Crippen LogP contribution in [0.4, 0.5) is 0 Å². The molecule has 2 aliphatic heterocycles. The lowest BCUT2D eigenvalue weighted by Gasteiger charge is -2.09. The van der Waals surface area contributed by atoms with E-state index in [1.807, 2.05) is 24.3 Å². The van der Waals surface area contributed by atoms with Crippen molar-refractivity contribution in [1.29, 1.82) is 0 Å². The molecule has 2 saturated heterocycles. The first-order valence-electron chi connectivity index (χ1n) is 14.5. The third-order valence-electron chi connectivity index (χ3n) is 7.71. The van der Waals surface area contributed by atoms with Gasteiger partial charge < -0.3 is 20.1 Å². The molecular formula is C32H26N8O6. The van der Waals surface area contributed by atoms with Crippen LogP contribution in [0.2, 0.25) is 0 Å². The Morgan fingerprint density at radius 2 is 1.17 bits per heavy atom. The number of cyclic esters (lactones) is 2. The molecular weight excluding hydrogens is 592 g/mol. The van der Waals surface area contributed by atoms with Crippen molar-refractivity contribution >= 4 is 23.8 Å². The lowest BCUT2D eigenvalue weighted by molar-refractivity contribution is -0.140. The average molecular weight is 619 g/mol. The Bertz CT molecular complexity index is 1810. The first-order valence-corrected chi connectivity index (χ1v) is 14.5. The largest absolute Gasteiger partial charge is 0.464 e. The smallest absolute Gasteiger partial charge is 0.328 e. The predicted octanol–water partition coefficient (Wildman–Crippen LogP) is 2.27. The van der Waals surface area contributed by atoms with Gasteiger partial charge in [0, 0.05) is 35.1 Å². The summed E-state index contributed by atoms with van der Waals surface area (Å²) in [4.78, 5) is 48.4. The van der Waals surface area contributed by atoms with E-state index in [9.17, 15) is 19.2 Å². The summed E-state index contributed by atoms with van der Waals surface area (Å²) in [6.45, 7) is 0.613. The molecule has 0 unspecified atom stereocenters. The summed E-state index contributed by atoms with van der Waals surface area (Å²) in [6.07, 6.45) is 4.49. The van der Waals surface area contributed by atoms with E-state index in [4.69, 9.17) is 9.47 Å². The molecule has 5 aromatic rings. The Morgan fingerprint density at radius 3 is 1.72 bits per heavy atom. The maximum Gasteiger partial charge on any atom is 0.328 e. The van der Waals surface area contributed by atoms with E-state index < -0.39 is 24.0 Å². The van der Waals surface area contributed by atoms with Crippen molar-refractivity contribution < 1.29 is 28.7 Å². The number of carbonyl (C=O) groups excluding carboxylic acids is 4. The molecule has 2 N–H and O–H groups in total. The number of rotatable bonds is 8. The first-order chi connectivity index (χ1) is 22.4. The van der Waals surface area contributed by atoms with Crippen LogP contribution in [0.1, 0.15) is 33.6 Å². The van der Waals surface area contributed by atoms with Gasteiger partial charge in [0.05, 0.1) is 37.0 Å². The van der Waals surface area contributed by atoms with Crippen molar-refractivity contribution in [1.82, 2.24) is 40.6 Å². The molecule has 230 valence electrons. The minimum absolute atomic E-state index is 0.306. The van der Waals surface area contributed by atoms with Gasteiger partial charge in [-0.3, -0.25) is 9.59 Å². The van der Waals surface area contributed by atoms with E-state index >= 15 is 0 Å². The number of esters is 2. The van der Waals surface area contributed by atoms with Crippen LogP contribution < -0.4 is 10.6 Å². The lowest BCUT2D eigenvalue weighted by atomic mass is 10.1. The van der Waals surface area contributed by atoms with E-state index in [2.05, 4.69) is 31.3 Å². The number of nitrogens with zero attached hydrogens (tertiary/aromatic N) is 6. The van der Waals surface area contributed by atoms with E-state index in [1.165, 1.54) is 0 Å². The van der Waals surface area contributed by atoms with Crippen molar-refractivity contribution in [2.75, 3.05) is 13.2 Å². The highest BCUT2D eigenvalue weighted by Gasteiger charge is 2.29. The van der Waals surface area contributed by atoms with Gasteiger partial charge in [0.2, 0.25) is 0 Å². The molecule has 2 amide bonds. The standard InChI is InChI=1S/C32H26N8O6/c41-29(33-25-12-14-45-31(25)43)20-6-4-19(5-7-20)27-17-40(38-35-27)24-3-1-2-22(16-24)28-18-39(37-36-28)23-10-8-21(9-11-23)30(42)34-26-13-15-46-32(26)44/h1-11,16-18,25-26H,12-15H2,(H,33,41)(H,34,42)/t25-,26-/m0/s1. The molecule has 46 heavy (non-hydrogen) atoms. The average Bonchev–Trinajstić information content (AvgIpc) is 3.91. The molecule has 0 aliphatic carbocycles. The third-order valence-corrected chi connectivity index (χ3v) is 7.71. The minimum atomic E-state index is -0.622.